The van der Waals surface area contributed by atoms with Gasteiger partial charge < -0.3 is 9.47 Å². The van der Waals surface area contributed by atoms with Gasteiger partial charge >= 0.3 is 12.3 Å². The number of halogens is 5. The summed E-state index contributed by atoms with van der Waals surface area (Å²) in [5, 5.41) is 2.25. The fraction of sp³-hybridized carbons (Fsp3) is 0.0909. The van der Waals surface area contributed by atoms with E-state index in [1.54, 1.807) is 30.3 Å². The molecule has 1 atom stereocenters. The third kappa shape index (κ3) is 5.50. The number of hydrogen-bond donors (Lipinski definition) is 1. The Kier molecular flexibility index (Phi) is 6.64. The molecule has 0 radical (unpaired) electrons. The first-order valence-corrected chi connectivity index (χ1v) is 10.9. The van der Waals surface area contributed by atoms with Gasteiger partial charge in [0.1, 0.15) is 5.75 Å². The van der Waals surface area contributed by atoms with E-state index in [1.165, 1.54) is 36.4 Å². The number of alkyl halides is 3. The van der Waals surface area contributed by atoms with Crippen molar-refractivity contribution < 1.29 is 27.4 Å². The van der Waals surface area contributed by atoms with Crippen molar-refractivity contribution in [1.29, 1.82) is 0 Å². The molecule has 4 rings (SSSR count). The van der Waals surface area contributed by atoms with Crippen LogP contribution in [0, 0.1) is 0 Å². The van der Waals surface area contributed by atoms with Crippen LogP contribution in [0.25, 0.3) is 10.2 Å². The number of fused-ring (bicyclic) bond motifs is 1. The van der Waals surface area contributed by atoms with Crippen LogP contribution in [0.3, 0.4) is 0 Å². The number of carbonyl (C=O) groups is 1. The van der Waals surface area contributed by atoms with Crippen LogP contribution in [0.5, 0.6) is 10.9 Å². The zero-order chi connectivity index (χ0) is 23.6. The number of ether oxygens (including phenoxy) is 2. The van der Waals surface area contributed by atoms with E-state index < -0.39 is 18.4 Å². The van der Waals surface area contributed by atoms with Gasteiger partial charge in [0.2, 0.25) is 6.10 Å². The van der Waals surface area contributed by atoms with Crippen molar-refractivity contribution in [2.75, 3.05) is 5.32 Å². The van der Waals surface area contributed by atoms with Crippen LogP contribution in [-0.4, -0.2) is 17.3 Å². The lowest BCUT2D eigenvalue weighted by molar-refractivity contribution is -0.197. The van der Waals surface area contributed by atoms with E-state index in [0.717, 1.165) is 11.3 Å². The average Bonchev–Trinajstić information content (AvgIpc) is 3.14. The fourth-order valence-electron chi connectivity index (χ4n) is 2.93. The number of thiazole rings is 1. The molecule has 0 spiro atoms. The Morgan fingerprint density at radius 1 is 1.00 bits per heavy atom. The second-order valence-electron chi connectivity index (χ2n) is 6.66. The molecule has 5 nitrogen and oxygen atoms in total. The Labute approximate surface area is 199 Å². The molecule has 0 aliphatic rings. The maximum Gasteiger partial charge on any atom is 0.429 e. The predicted octanol–water partition coefficient (Wildman–Crippen LogP) is 7.90. The Morgan fingerprint density at radius 3 is 2.36 bits per heavy atom. The SMILES string of the molecule is O=C(Nc1ccccc1)Oc1nc2ccc(OC(c3c(Cl)cccc3Cl)C(F)(F)F)cc2s1. The third-order valence-electron chi connectivity index (χ3n) is 4.35. The number of anilines is 1. The van der Waals surface area contributed by atoms with Crippen molar-refractivity contribution >= 4 is 56.5 Å². The predicted molar refractivity (Wildman–Crippen MR) is 122 cm³/mol. The summed E-state index contributed by atoms with van der Waals surface area (Å²) in [6.45, 7) is 0. The van der Waals surface area contributed by atoms with Crippen LogP contribution in [0.15, 0.2) is 66.7 Å². The number of rotatable bonds is 5. The summed E-state index contributed by atoms with van der Waals surface area (Å²) in [4.78, 5) is 16.2. The Hall–Kier alpha value is -3.01. The minimum absolute atomic E-state index is 0.0251. The molecule has 0 saturated carbocycles. The van der Waals surface area contributed by atoms with Gasteiger partial charge in [0, 0.05) is 21.3 Å². The molecular formula is C22H13Cl2F3N2O3S. The molecule has 1 heterocycles. The number of para-hydroxylation sites is 1. The number of hydrogen-bond acceptors (Lipinski definition) is 5. The van der Waals surface area contributed by atoms with Gasteiger partial charge in [0.25, 0.3) is 5.19 Å². The minimum Gasteiger partial charge on any atom is -0.476 e. The van der Waals surface area contributed by atoms with Gasteiger partial charge in [0.15, 0.2) is 0 Å². The van der Waals surface area contributed by atoms with Crippen molar-refractivity contribution in [3.8, 4) is 10.9 Å². The molecule has 1 N–H and O–H groups in total. The largest absolute Gasteiger partial charge is 0.476 e. The molecule has 1 unspecified atom stereocenters. The number of benzene rings is 3. The monoisotopic (exact) mass is 512 g/mol. The van der Waals surface area contributed by atoms with E-state index in [4.69, 9.17) is 32.7 Å². The molecule has 3 aromatic carbocycles. The van der Waals surface area contributed by atoms with E-state index in [9.17, 15) is 18.0 Å². The van der Waals surface area contributed by atoms with Gasteiger partial charge in [-0.2, -0.15) is 13.2 Å². The first-order chi connectivity index (χ1) is 15.7. The van der Waals surface area contributed by atoms with Gasteiger partial charge in [-0.1, -0.05) is 58.8 Å². The summed E-state index contributed by atoms with van der Waals surface area (Å²) in [5.74, 6) is -0.0789. The quantitative estimate of drug-likeness (QED) is 0.295. The molecule has 1 aromatic heterocycles. The maximum atomic E-state index is 13.8. The van der Waals surface area contributed by atoms with Crippen molar-refractivity contribution in [3.63, 3.8) is 0 Å². The van der Waals surface area contributed by atoms with Gasteiger partial charge in [-0.15, -0.1) is 0 Å². The summed E-state index contributed by atoms with van der Waals surface area (Å²) in [6.07, 6.45) is -7.90. The smallest absolute Gasteiger partial charge is 0.429 e. The van der Waals surface area contributed by atoms with Crippen LogP contribution in [0.1, 0.15) is 11.7 Å². The van der Waals surface area contributed by atoms with Crippen molar-refractivity contribution in [2.24, 2.45) is 0 Å². The molecule has 0 fully saturated rings. The molecule has 0 saturated heterocycles. The van der Waals surface area contributed by atoms with Crippen molar-refractivity contribution in [3.05, 3.63) is 82.3 Å². The molecule has 4 aromatic rings. The summed E-state index contributed by atoms with van der Waals surface area (Å²) in [6, 6.07) is 16.9. The zero-order valence-electron chi connectivity index (χ0n) is 16.4. The van der Waals surface area contributed by atoms with Crippen LogP contribution >= 0.6 is 34.5 Å². The number of amides is 1. The summed E-state index contributed by atoms with van der Waals surface area (Å²) < 4.78 is 52.2. The Bertz CT molecular complexity index is 1280. The van der Waals surface area contributed by atoms with Gasteiger partial charge in [0.05, 0.1) is 10.2 Å². The first-order valence-electron chi connectivity index (χ1n) is 9.32. The molecule has 0 bridgehead atoms. The van der Waals surface area contributed by atoms with Crippen molar-refractivity contribution in [2.45, 2.75) is 12.3 Å². The van der Waals surface area contributed by atoms with Gasteiger partial charge in [-0.25, -0.2) is 9.78 Å². The highest BCUT2D eigenvalue weighted by atomic mass is 35.5. The molecule has 0 aliphatic carbocycles. The second-order valence-corrected chi connectivity index (χ2v) is 8.47. The van der Waals surface area contributed by atoms with Crippen LogP contribution in [0.4, 0.5) is 23.7 Å². The number of nitrogens with zero attached hydrogens (tertiary/aromatic N) is 1. The zero-order valence-corrected chi connectivity index (χ0v) is 18.7. The Morgan fingerprint density at radius 2 is 1.70 bits per heavy atom. The van der Waals surface area contributed by atoms with Crippen LogP contribution in [-0.2, 0) is 0 Å². The van der Waals surface area contributed by atoms with E-state index in [0.29, 0.717) is 15.9 Å². The second kappa shape index (κ2) is 9.46. The maximum absolute atomic E-state index is 13.8. The lowest BCUT2D eigenvalue weighted by Crippen LogP contribution is -2.26. The standard InChI is InChI=1S/C22H13Cl2F3N2O3S/c23-14-7-4-8-15(24)18(14)19(22(25,26)27)31-13-9-10-16-17(11-13)33-21(29-16)32-20(30)28-12-5-2-1-3-6-12/h1-11,19H,(H,28,30). The van der Waals surface area contributed by atoms with E-state index in [-0.39, 0.29) is 26.6 Å². The van der Waals surface area contributed by atoms with Crippen LogP contribution < -0.4 is 14.8 Å². The van der Waals surface area contributed by atoms with Crippen LogP contribution in [0.2, 0.25) is 10.0 Å². The van der Waals surface area contributed by atoms with Crippen molar-refractivity contribution in [1.82, 2.24) is 4.98 Å². The van der Waals surface area contributed by atoms with Gasteiger partial charge in [-0.3, -0.25) is 5.32 Å². The lowest BCUT2D eigenvalue weighted by Gasteiger charge is -2.24. The molecule has 0 aliphatic heterocycles. The summed E-state index contributed by atoms with van der Waals surface area (Å²) >= 11 is 12.9. The highest BCUT2D eigenvalue weighted by Crippen LogP contribution is 2.43. The number of carbonyl (C=O) groups excluding carboxylic acids is 1. The lowest BCUT2D eigenvalue weighted by atomic mass is 10.1. The normalized spacial score (nSPS) is 12.4. The average molecular weight is 513 g/mol. The molecule has 11 heteroatoms. The summed E-state index contributed by atoms with van der Waals surface area (Å²) in [5.41, 5.74) is 0.587. The number of nitrogens with one attached hydrogen (secondary N) is 1. The first kappa shape index (κ1) is 23.2. The molecule has 1 amide bonds. The highest BCUT2D eigenvalue weighted by molar-refractivity contribution is 7.20. The molecule has 33 heavy (non-hydrogen) atoms. The molecular weight excluding hydrogens is 500 g/mol. The van der Waals surface area contributed by atoms with E-state index in [1.807, 2.05) is 0 Å². The molecule has 170 valence electrons. The highest BCUT2D eigenvalue weighted by Gasteiger charge is 2.45. The third-order valence-corrected chi connectivity index (χ3v) is 5.91. The Balaban J connectivity index is 1.55. The minimum atomic E-state index is -4.78. The number of aromatic nitrogens is 1. The van der Waals surface area contributed by atoms with E-state index >= 15 is 0 Å². The topological polar surface area (TPSA) is 60.5 Å². The summed E-state index contributed by atoms with van der Waals surface area (Å²) in [7, 11) is 0. The van der Waals surface area contributed by atoms with E-state index in [2.05, 4.69) is 10.3 Å². The van der Waals surface area contributed by atoms with Gasteiger partial charge in [-0.05, 0) is 42.5 Å². The fourth-order valence-corrected chi connectivity index (χ4v) is 4.37.